The zero-order chi connectivity index (χ0) is 22.7. The Kier molecular flexibility index (Phi) is 6.43. The summed E-state index contributed by atoms with van der Waals surface area (Å²) < 4.78 is 5.16. The van der Waals surface area contributed by atoms with E-state index < -0.39 is 18.0 Å². The van der Waals surface area contributed by atoms with Crippen molar-refractivity contribution < 1.29 is 19.1 Å². The number of amides is 4. The van der Waals surface area contributed by atoms with Gasteiger partial charge < -0.3 is 15.0 Å². The topological polar surface area (TPSA) is 79.0 Å². The highest BCUT2D eigenvalue weighted by Gasteiger charge is 2.46. The SMILES string of the molecule is COc1ccc(N2C(=O)C(CC(=O)Nc3ccc(Cl)cc3)N(Cc3cccs3)C2=O)cc1. The van der Waals surface area contributed by atoms with Crippen molar-refractivity contribution in [3.8, 4) is 5.75 Å². The highest BCUT2D eigenvalue weighted by molar-refractivity contribution is 7.09. The van der Waals surface area contributed by atoms with Gasteiger partial charge in [0, 0.05) is 15.6 Å². The molecule has 164 valence electrons. The maximum atomic E-state index is 13.3. The first-order valence-electron chi connectivity index (χ1n) is 9.82. The highest BCUT2D eigenvalue weighted by atomic mass is 35.5. The first-order chi connectivity index (χ1) is 15.5. The summed E-state index contributed by atoms with van der Waals surface area (Å²) in [5.41, 5.74) is 0.991. The van der Waals surface area contributed by atoms with Crippen molar-refractivity contribution in [3.05, 3.63) is 75.9 Å². The Bertz CT molecular complexity index is 1120. The van der Waals surface area contributed by atoms with Crippen LogP contribution in [0.4, 0.5) is 16.2 Å². The van der Waals surface area contributed by atoms with E-state index in [4.69, 9.17) is 16.3 Å². The molecule has 1 unspecified atom stereocenters. The molecule has 2 aromatic carbocycles. The van der Waals surface area contributed by atoms with Gasteiger partial charge in [-0.1, -0.05) is 17.7 Å². The standard InChI is InChI=1S/C23H20ClN3O4S/c1-31-18-10-8-17(9-11-18)27-22(29)20(26(23(27)30)14-19-3-2-12-32-19)13-21(28)25-16-6-4-15(24)5-7-16/h2-12,20H,13-14H2,1H3,(H,25,28). The predicted octanol–water partition coefficient (Wildman–Crippen LogP) is 4.78. The van der Waals surface area contributed by atoms with E-state index >= 15 is 0 Å². The van der Waals surface area contributed by atoms with Gasteiger partial charge in [0.2, 0.25) is 5.91 Å². The summed E-state index contributed by atoms with van der Waals surface area (Å²) in [5.74, 6) is -0.198. The van der Waals surface area contributed by atoms with E-state index in [0.29, 0.717) is 22.1 Å². The Morgan fingerprint density at radius 1 is 1.09 bits per heavy atom. The van der Waals surface area contributed by atoms with Gasteiger partial charge in [0.05, 0.1) is 25.8 Å². The van der Waals surface area contributed by atoms with Crippen molar-refractivity contribution in [2.24, 2.45) is 0 Å². The third-order valence-electron chi connectivity index (χ3n) is 5.06. The number of carbonyl (C=O) groups is 3. The molecule has 1 N–H and O–H groups in total. The minimum absolute atomic E-state index is 0.161. The lowest BCUT2D eigenvalue weighted by molar-refractivity contribution is -0.124. The van der Waals surface area contributed by atoms with Crippen LogP contribution in [0.25, 0.3) is 0 Å². The first kappa shape index (κ1) is 21.9. The number of ether oxygens (including phenoxy) is 1. The minimum atomic E-state index is -0.918. The lowest BCUT2D eigenvalue weighted by atomic mass is 10.1. The van der Waals surface area contributed by atoms with Crippen LogP contribution in [-0.4, -0.2) is 35.9 Å². The summed E-state index contributed by atoms with van der Waals surface area (Å²) in [6.07, 6.45) is -0.161. The number of hydrogen-bond acceptors (Lipinski definition) is 5. The smallest absolute Gasteiger partial charge is 0.332 e. The molecule has 7 nitrogen and oxygen atoms in total. The molecule has 0 saturated carbocycles. The van der Waals surface area contributed by atoms with Gasteiger partial charge in [0.25, 0.3) is 5.91 Å². The molecule has 1 fully saturated rings. The number of hydrogen-bond donors (Lipinski definition) is 1. The Morgan fingerprint density at radius 3 is 2.44 bits per heavy atom. The third kappa shape index (κ3) is 4.61. The molecule has 32 heavy (non-hydrogen) atoms. The van der Waals surface area contributed by atoms with Crippen molar-refractivity contribution in [2.45, 2.75) is 19.0 Å². The van der Waals surface area contributed by atoms with E-state index in [-0.39, 0.29) is 18.9 Å². The molecular formula is C23H20ClN3O4S. The average Bonchev–Trinajstić information content (AvgIpc) is 3.38. The summed E-state index contributed by atoms with van der Waals surface area (Å²) >= 11 is 7.37. The second kappa shape index (κ2) is 9.42. The Morgan fingerprint density at radius 2 is 1.81 bits per heavy atom. The number of halogens is 1. The molecule has 0 radical (unpaired) electrons. The normalized spacial score (nSPS) is 15.9. The zero-order valence-electron chi connectivity index (χ0n) is 17.2. The van der Waals surface area contributed by atoms with Crippen LogP contribution >= 0.6 is 22.9 Å². The number of urea groups is 1. The Balaban J connectivity index is 1.57. The lowest BCUT2D eigenvalue weighted by Gasteiger charge is -2.21. The lowest BCUT2D eigenvalue weighted by Crippen LogP contribution is -2.37. The minimum Gasteiger partial charge on any atom is -0.497 e. The molecule has 4 amide bonds. The number of rotatable bonds is 7. The highest BCUT2D eigenvalue weighted by Crippen LogP contribution is 2.30. The summed E-state index contributed by atoms with van der Waals surface area (Å²) in [6.45, 7) is 0.244. The van der Waals surface area contributed by atoms with Crippen LogP contribution in [0.15, 0.2) is 66.0 Å². The van der Waals surface area contributed by atoms with Gasteiger partial charge in [-0.15, -0.1) is 11.3 Å². The van der Waals surface area contributed by atoms with Crippen LogP contribution in [0.1, 0.15) is 11.3 Å². The summed E-state index contributed by atoms with van der Waals surface area (Å²) in [7, 11) is 1.54. The number of nitrogens with one attached hydrogen (secondary N) is 1. The van der Waals surface area contributed by atoms with E-state index in [2.05, 4.69) is 5.32 Å². The number of thiophene rings is 1. The summed E-state index contributed by atoms with van der Waals surface area (Å²) in [4.78, 5) is 42.7. The van der Waals surface area contributed by atoms with Crippen LogP contribution in [0.2, 0.25) is 5.02 Å². The van der Waals surface area contributed by atoms with Gasteiger partial charge in [-0.25, -0.2) is 9.69 Å². The maximum Gasteiger partial charge on any atom is 0.332 e. The molecule has 1 atom stereocenters. The number of benzene rings is 2. The molecule has 1 aromatic heterocycles. The van der Waals surface area contributed by atoms with E-state index in [1.165, 1.54) is 16.2 Å². The van der Waals surface area contributed by atoms with Gasteiger partial charge in [-0.2, -0.15) is 0 Å². The molecule has 0 spiro atoms. The van der Waals surface area contributed by atoms with E-state index in [9.17, 15) is 14.4 Å². The van der Waals surface area contributed by atoms with Crippen LogP contribution < -0.4 is 15.0 Å². The fourth-order valence-corrected chi connectivity index (χ4v) is 4.30. The summed E-state index contributed by atoms with van der Waals surface area (Å²) in [6, 6.07) is 15.7. The van der Waals surface area contributed by atoms with Crippen LogP contribution in [0.3, 0.4) is 0 Å². The number of methoxy groups -OCH3 is 1. The molecule has 0 bridgehead atoms. The number of nitrogens with zero attached hydrogens (tertiary/aromatic N) is 2. The molecule has 4 rings (SSSR count). The second-order valence-electron chi connectivity index (χ2n) is 7.14. The van der Waals surface area contributed by atoms with Crippen molar-refractivity contribution in [1.82, 2.24) is 4.90 Å². The molecular weight excluding hydrogens is 450 g/mol. The first-order valence-corrected chi connectivity index (χ1v) is 11.1. The van der Waals surface area contributed by atoms with E-state index in [0.717, 1.165) is 9.78 Å². The fraction of sp³-hybridized carbons (Fsp3) is 0.174. The Labute approximate surface area is 194 Å². The molecule has 2 heterocycles. The monoisotopic (exact) mass is 469 g/mol. The van der Waals surface area contributed by atoms with Crippen molar-refractivity contribution >= 4 is 52.2 Å². The van der Waals surface area contributed by atoms with Gasteiger partial charge in [0.1, 0.15) is 11.8 Å². The van der Waals surface area contributed by atoms with E-state index in [1.807, 2.05) is 17.5 Å². The van der Waals surface area contributed by atoms with Crippen molar-refractivity contribution in [3.63, 3.8) is 0 Å². The van der Waals surface area contributed by atoms with Gasteiger partial charge in [0.15, 0.2) is 0 Å². The fourth-order valence-electron chi connectivity index (χ4n) is 3.47. The van der Waals surface area contributed by atoms with Crippen LogP contribution in [0, 0.1) is 0 Å². The summed E-state index contributed by atoms with van der Waals surface area (Å²) in [5, 5.41) is 5.22. The Hall–Kier alpha value is -3.36. The molecule has 1 aliphatic rings. The number of anilines is 2. The van der Waals surface area contributed by atoms with Crippen molar-refractivity contribution in [2.75, 3.05) is 17.3 Å². The third-order valence-corrected chi connectivity index (χ3v) is 6.18. The van der Waals surface area contributed by atoms with E-state index in [1.54, 1.807) is 55.6 Å². The zero-order valence-corrected chi connectivity index (χ0v) is 18.7. The van der Waals surface area contributed by atoms with Crippen LogP contribution in [0.5, 0.6) is 5.75 Å². The van der Waals surface area contributed by atoms with Gasteiger partial charge >= 0.3 is 6.03 Å². The predicted molar refractivity (Wildman–Crippen MR) is 124 cm³/mol. The largest absolute Gasteiger partial charge is 0.497 e. The molecule has 1 aliphatic heterocycles. The quantitative estimate of drug-likeness (QED) is 0.505. The molecule has 3 aromatic rings. The molecule has 1 saturated heterocycles. The average molecular weight is 470 g/mol. The number of carbonyl (C=O) groups excluding carboxylic acids is 3. The second-order valence-corrected chi connectivity index (χ2v) is 8.61. The molecule has 9 heteroatoms. The van der Waals surface area contributed by atoms with Gasteiger partial charge in [-0.05, 0) is 60.0 Å². The molecule has 0 aliphatic carbocycles. The van der Waals surface area contributed by atoms with Crippen LogP contribution in [-0.2, 0) is 16.1 Å². The van der Waals surface area contributed by atoms with Gasteiger partial charge in [-0.3, -0.25) is 9.59 Å². The van der Waals surface area contributed by atoms with Crippen molar-refractivity contribution in [1.29, 1.82) is 0 Å². The maximum absolute atomic E-state index is 13.3. The number of imide groups is 1.